The molecule has 1 N–H and O–H groups in total. The Bertz CT molecular complexity index is 541. The lowest BCUT2D eigenvalue weighted by atomic mass is 9.99. The van der Waals surface area contributed by atoms with Gasteiger partial charge in [0.25, 0.3) is 5.91 Å². The van der Waals surface area contributed by atoms with Crippen molar-refractivity contribution >= 4 is 33.8 Å². The molecule has 1 heterocycles. The molecule has 1 amide bonds. The minimum Gasteiger partial charge on any atom is -0.467 e. The van der Waals surface area contributed by atoms with Gasteiger partial charge in [-0.25, -0.2) is 9.59 Å². The van der Waals surface area contributed by atoms with E-state index in [-0.39, 0.29) is 11.7 Å². The third kappa shape index (κ3) is 5.18. The highest BCUT2D eigenvalue weighted by Crippen LogP contribution is 2.14. The monoisotopic (exact) mass is 375 g/mol. The summed E-state index contributed by atoms with van der Waals surface area (Å²) in [6.07, 6.45) is 0.681. The van der Waals surface area contributed by atoms with Crippen LogP contribution in [0.2, 0.25) is 0 Å². The van der Waals surface area contributed by atoms with Crippen LogP contribution in [0, 0.1) is 5.92 Å². The van der Waals surface area contributed by atoms with Crippen molar-refractivity contribution in [2.24, 2.45) is 5.92 Å². The van der Waals surface area contributed by atoms with Gasteiger partial charge in [0.2, 0.25) is 5.76 Å². The molecule has 0 aliphatic heterocycles. The molecular weight excluding hydrogens is 358 g/mol. The largest absolute Gasteiger partial charge is 0.467 e. The molecule has 2 atom stereocenters. The molecule has 122 valence electrons. The fourth-order valence-electron chi connectivity index (χ4n) is 1.64. The molecule has 0 fully saturated rings. The summed E-state index contributed by atoms with van der Waals surface area (Å²) in [4.78, 5) is 35.1. The summed E-state index contributed by atoms with van der Waals surface area (Å²) in [5.41, 5.74) is 0. The lowest BCUT2D eigenvalue weighted by molar-refractivity contribution is -0.147. The predicted octanol–water partition coefficient (Wildman–Crippen LogP) is 1.90. The van der Waals surface area contributed by atoms with E-state index in [4.69, 9.17) is 9.15 Å². The summed E-state index contributed by atoms with van der Waals surface area (Å²) in [6, 6.07) is 2.17. The van der Waals surface area contributed by atoms with Gasteiger partial charge < -0.3 is 19.2 Å². The van der Waals surface area contributed by atoms with Gasteiger partial charge in [-0.3, -0.25) is 4.79 Å². The Morgan fingerprint density at radius 2 is 2.05 bits per heavy atom. The maximum Gasteiger partial charge on any atom is 0.374 e. The van der Waals surface area contributed by atoms with Gasteiger partial charge in [-0.2, -0.15) is 0 Å². The first-order chi connectivity index (χ1) is 10.4. The van der Waals surface area contributed by atoms with Crippen LogP contribution in [0.4, 0.5) is 0 Å². The van der Waals surface area contributed by atoms with Crippen molar-refractivity contribution in [1.82, 2.24) is 5.32 Å². The SMILES string of the molecule is CC[C@H](C)[C@H](NC(=O)COC(=O)c1ccc(Br)o1)C(=O)OC. The second-order valence-corrected chi connectivity index (χ2v) is 5.42. The molecule has 8 heteroatoms. The first-order valence-electron chi connectivity index (χ1n) is 6.68. The van der Waals surface area contributed by atoms with E-state index in [0.717, 1.165) is 0 Å². The fourth-order valence-corrected chi connectivity index (χ4v) is 1.94. The third-order valence-corrected chi connectivity index (χ3v) is 3.52. The van der Waals surface area contributed by atoms with Gasteiger partial charge in [-0.1, -0.05) is 20.3 Å². The number of rotatable bonds is 7. The van der Waals surface area contributed by atoms with Crippen LogP contribution in [0.25, 0.3) is 0 Å². The van der Waals surface area contributed by atoms with Crippen LogP contribution >= 0.6 is 15.9 Å². The topological polar surface area (TPSA) is 94.8 Å². The highest BCUT2D eigenvalue weighted by atomic mass is 79.9. The zero-order chi connectivity index (χ0) is 16.7. The molecule has 0 aliphatic carbocycles. The number of carbonyl (C=O) groups is 3. The van der Waals surface area contributed by atoms with Crippen LogP contribution in [0.1, 0.15) is 30.8 Å². The molecule has 0 aliphatic rings. The molecule has 1 rings (SSSR count). The molecule has 0 unspecified atom stereocenters. The quantitative estimate of drug-likeness (QED) is 0.731. The summed E-state index contributed by atoms with van der Waals surface area (Å²) in [5.74, 6) is -2.02. The van der Waals surface area contributed by atoms with Crippen LogP contribution in [0.15, 0.2) is 21.2 Å². The van der Waals surface area contributed by atoms with E-state index in [2.05, 4.69) is 26.0 Å². The number of hydrogen-bond donors (Lipinski definition) is 1. The number of hydrogen-bond acceptors (Lipinski definition) is 6. The lowest BCUT2D eigenvalue weighted by Crippen LogP contribution is -2.47. The average molecular weight is 376 g/mol. The Morgan fingerprint density at radius 3 is 2.55 bits per heavy atom. The van der Waals surface area contributed by atoms with Crippen LogP contribution < -0.4 is 5.32 Å². The first-order valence-corrected chi connectivity index (χ1v) is 7.48. The van der Waals surface area contributed by atoms with E-state index in [1.165, 1.54) is 19.2 Å². The van der Waals surface area contributed by atoms with Gasteiger partial charge in [-0.15, -0.1) is 0 Å². The van der Waals surface area contributed by atoms with Crippen LogP contribution in [-0.2, 0) is 19.1 Å². The first kappa shape index (κ1) is 18.2. The molecule has 0 bridgehead atoms. The zero-order valence-electron chi connectivity index (χ0n) is 12.6. The number of amides is 1. The van der Waals surface area contributed by atoms with Crippen molar-refractivity contribution in [3.8, 4) is 0 Å². The van der Waals surface area contributed by atoms with E-state index < -0.39 is 30.5 Å². The number of methoxy groups -OCH3 is 1. The molecule has 1 aromatic rings. The third-order valence-electron chi connectivity index (χ3n) is 3.09. The Morgan fingerprint density at radius 1 is 1.36 bits per heavy atom. The summed E-state index contributed by atoms with van der Waals surface area (Å²) in [7, 11) is 1.25. The molecule has 22 heavy (non-hydrogen) atoms. The van der Waals surface area contributed by atoms with Gasteiger partial charge >= 0.3 is 11.9 Å². The second kappa shape index (κ2) is 8.57. The van der Waals surface area contributed by atoms with Gasteiger partial charge in [0.15, 0.2) is 11.3 Å². The average Bonchev–Trinajstić information content (AvgIpc) is 2.95. The van der Waals surface area contributed by atoms with E-state index in [0.29, 0.717) is 11.1 Å². The fraction of sp³-hybridized carbons (Fsp3) is 0.500. The second-order valence-electron chi connectivity index (χ2n) is 4.63. The number of esters is 2. The van der Waals surface area contributed by atoms with Crippen LogP contribution in [-0.4, -0.2) is 37.6 Å². The van der Waals surface area contributed by atoms with Gasteiger partial charge in [0, 0.05) is 0 Å². The Labute approximate surface area is 136 Å². The van der Waals surface area contributed by atoms with Gasteiger partial charge in [0.1, 0.15) is 6.04 Å². The summed E-state index contributed by atoms with van der Waals surface area (Å²) < 4.78 is 14.9. The van der Waals surface area contributed by atoms with E-state index in [1.807, 2.05) is 13.8 Å². The van der Waals surface area contributed by atoms with Crippen molar-refractivity contribution in [3.05, 3.63) is 22.6 Å². The van der Waals surface area contributed by atoms with E-state index in [1.54, 1.807) is 0 Å². The maximum absolute atomic E-state index is 11.8. The predicted molar refractivity (Wildman–Crippen MR) is 80.1 cm³/mol. The van der Waals surface area contributed by atoms with Crippen LogP contribution in [0.5, 0.6) is 0 Å². The Balaban J connectivity index is 2.53. The molecule has 1 aromatic heterocycles. The van der Waals surface area contributed by atoms with Crippen molar-refractivity contribution in [2.75, 3.05) is 13.7 Å². The Hall–Kier alpha value is -1.83. The minimum absolute atomic E-state index is 0.0221. The molecular formula is C14H18BrNO6. The highest BCUT2D eigenvalue weighted by molar-refractivity contribution is 9.10. The zero-order valence-corrected chi connectivity index (χ0v) is 14.1. The normalized spacial score (nSPS) is 13.1. The molecule has 0 spiro atoms. The number of carbonyl (C=O) groups excluding carboxylic acids is 3. The smallest absolute Gasteiger partial charge is 0.374 e. The van der Waals surface area contributed by atoms with Crippen molar-refractivity contribution < 1.29 is 28.3 Å². The van der Waals surface area contributed by atoms with Crippen molar-refractivity contribution in [2.45, 2.75) is 26.3 Å². The van der Waals surface area contributed by atoms with E-state index >= 15 is 0 Å². The number of nitrogens with one attached hydrogen (secondary N) is 1. The van der Waals surface area contributed by atoms with E-state index in [9.17, 15) is 14.4 Å². The molecule has 0 radical (unpaired) electrons. The lowest BCUT2D eigenvalue weighted by Gasteiger charge is -2.21. The number of ether oxygens (including phenoxy) is 2. The number of halogens is 1. The van der Waals surface area contributed by atoms with Gasteiger partial charge in [0.05, 0.1) is 7.11 Å². The number of furan rings is 1. The highest BCUT2D eigenvalue weighted by Gasteiger charge is 2.27. The minimum atomic E-state index is -0.779. The van der Waals surface area contributed by atoms with Crippen molar-refractivity contribution in [3.63, 3.8) is 0 Å². The molecule has 0 aromatic carbocycles. The maximum atomic E-state index is 11.8. The Kier molecular flexibility index (Phi) is 7.10. The standard InChI is InChI=1S/C14H18BrNO6/c1-4-8(2)12(14(19)20-3)16-11(17)7-21-13(18)9-5-6-10(15)22-9/h5-6,8,12H,4,7H2,1-3H3,(H,16,17)/t8-,12-/m0/s1. The molecule has 0 saturated carbocycles. The van der Waals surface area contributed by atoms with Gasteiger partial charge in [-0.05, 0) is 34.0 Å². The molecule has 7 nitrogen and oxygen atoms in total. The summed E-state index contributed by atoms with van der Waals surface area (Å²) in [6.45, 7) is 3.19. The van der Waals surface area contributed by atoms with Crippen molar-refractivity contribution in [1.29, 1.82) is 0 Å². The van der Waals surface area contributed by atoms with Crippen LogP contribution in [0.3, 0.4) is 0 Å². The summed E-state index contributed by atoms with van der Waals surface area (Å²) in [5, 5.41) is 2.50. The summed E-state index contributed by atoms with van der Waals surface area (Å²) >= 11 is 3.06. The molecule has 0 saturated heterocycles.